The monoisotopic (exact) mass is 201 g/mol. The van der Waals surface area contributed by atoms with Crippen LogP contribution >= 0.6 is 13.5 Å². The Morgan fingerprint density at radius 1 is 1.69 bits per heavy atom. The molecule has 0 amide bonds. The van der Waals surface area contributed by atoms with Crippen LogP contribution in [0.25, 0.3) is 0 Å². The fraction of sp³-hybridized carbons (Fsp3) is 0.429. The molecule has 0 unspecified atom stereocenters. The van der Waals surface area contributed by atoms with Crippen LogP contribution in [0.4, 0.5) is 0 Å². The number of nitrogens with zero attached hydrogens (tertiary/aromatic N) is 1. The zero-order valence-corrected chi connectivity index (χ0v) is 7.87. The van der Waals surface area contributed by atoms with E-state index in [4.69, 9.17) is 5.11 Å². The molecule has 1 atom stereocenters. The third kappa shape index (κ3) is 1.84. The van der Waals surface area contributed by atoms with Crippen molar-refractivity contribution in [3.63, 3.8) is 0 Å². The summed E-state index contributed by atoms with van der Waals surface area (Å²) < 4.78 is 0. The van der Waals surface area contributed by atoms with Crippen LogP contribution in [0.1, 0.15) is 11.4 Å². The summed E-state index contributed by atoms with van der Waals surface area (Å²) in [4.78, 5) is 17.6. The quantitative estimate of drug-likeness (QED) is 0.579. The standard InChI is InChI=1S/C7H9N3O2.H2S/c11-7(12)5-1-4-6(2-8-5)10-3-9-4;/h3,5,8H,1-2H2,(H,9,10)(H,11,12);1H2/t5-;/m0./s1. The fourth-order valence-electron chi connectivity index (χ4n) is 1.34. The molecule has 13 heavy (non-hydrogen) atoms. The summed E-state index contributed by atoms with van der Waals surface area (Å²) in [7, 11) is 0. The normalized spacial score (nSPS) is 20.2. The van der Waals surface area contributed by atoms with Crippen molar-refractivity contribution in [3.8, 4) is 0 Å². The highest BCUT2D eigenvalue weighted by molar-refractivity contribution is 7.59. The summed E-state index contributed by atoms with van der Waals surface area (Å²) in [5, 5.41) is 11.6. The third-order valence-electron chi connectivity index (χ3n) is 2.03. The molecule has 0 bridgehead atoms. The van der Waals surface area contributed by atoms with Crippen molar-refractivity contribution in [2.75, 3.05) is 0 Å². The Labute approximate surface area is 82.0 Å². The van der Waals surface area contributed by atoms with E-state index in [2.05, 4.69) is 15.3 Å². The molecule has 1 aliphatic rings. The Balaban J connectivity index is 0.000000845. The van der Waals surface area contributed by atoms with Crippen LogP contribution in [0.15, 0.2) is 6.33 Å². The second kappa shape index (κ2) is 3.80. The van der Waals surface area contributed by atoms with Crippen LogP contribution < -0.4 is 5.32 Å². The lowest BCUT2D eigenvalue weighted by atomic mass is 10.1. The molecule has 0 spiro atoms. The number of nitrogens with one attached hydrogen (secondary N) is 2. The molecule has 0 aliphatic carbocycles. The number of H-pyrrole nitrogens is 1. The molecule has 72 valence electrons. The van der Waals surface area contributed by atoms with E-state index in [9.17, 15) is 4.79 Å². The number of imidazole rings is 1. The number of carbonyl (C=O) groups is 1. The molecule has 3 N–H and O–H groups in total. The molecule has 1 aliphatic heterocycles. The van der Waals surface area contributed by atoms with Gasteiger partial charge in [0.15, 0.2) is 0 Å². The molecule has 0 fully saturated rings. The first-order chi connectivity index (χ1) is 5.77. The van der Waals surface area contributed by atoms with E-state index in [0.717, 1.165) is 11.4 Å². The highest BCUT2D eigenvalue weighted by atomic mass is 32.1. The summed E-state index contributed by atoms with van der Waals surface area (Å²) in [5.41, 5.74) is 1.86. The first kappa shape index (κ1) is 10.1. The van der Waals surface area contributed by atoms with Gasteiger partial charge in [-0.3, -0.25) is 10.1 Å². The Morgan fingerprint density at radius 3 is 3.15 bits per heavy atom. The summed E-state index contributed by atoms with van der Waals surface area (Å²) >= 11 is 0. The van der Waals surface area contributed by atoms with Crippen molar-refractivity contribution in [2.24, 2.45) is 0 Å². The van der Waals surface area contributed by atoms with Gasteiger partial charge in [-0.2, -0.15) is 13.5 Å². The van der Waals surface area contributed by atoms with Gasteiger partial charge in [0.05, 0.1) is 17.7 Å². The fourth-order valence-corrected chi connectivity index (χ4v) is 1.34. The van der Waals surface area contributed by atoms with Crippen LogP contribution in [-0.4, -0.2) is 27.1 Å². The molecule has 6 heteroatoms. The van der Waals surface area contributed by atoms with Crippen LogP contribution in [0.3, 0.4) is 0 Å². The summed E-state index contributed by atoms with van der Waals surface area (Å²) in [6, 6.07) is -0.485. The van der Waals surface area contributed by atoms with Gasteiger partial charge in [0.1, 0.15) is 6.04 Å². The van der Waals surface area contributed by atoms with Crippen molar-refractivity contribution in [1.29, 1.82) is 0 Å². The van der Waals surface area contributed by atoms with Crippen molar-refractivity contribution < 1.29 is 9.90 Å². The van der Waals surface area contributed by atoms with Gasteiger partial charge in [-0.1, -0.05) is 0 Å². The average molecular weight is 201 g/mol. The van der Waals surface area contributed by atoms with Gasteiger partial charge in [0, 0.05) is 13.0 Å². The summed E-state index contributed by atoms with van der Waals surface area (Å²) in [6.07, 6.45) is 2.06. The molecule has 0 saturated carbocycles. The largest absolute Gasteiger partial charge is 0.480 e. The maximum absolute atomic E-state index is 10.6. The smallest absolute Gasteiger partial charge is 0.321 e. The van der Waals surface area contributed by atoms with E-state index < -0.39 is 12.0 Å². The van der Waals surface area contributed by atoms with E-state index in [-0.39, 0.29) is 13.5 Å². The minimum atomic E-state index is -0.816. The third-order valence-corrected chi connectivity index (χ3v) is 2.03. The van der Waals surface area contributed by atoms with Gasteiger partial charge in [0.2, 0.25) is 0 Å². The predicted octanol–water partition coefficient (Wildman–Crippen LogP) is -0.379. The predicted molar refractivity (Wildman–Crippen MR) is 50.9 cm³/mol. The molecule has 0 aromatic carbocycles. The Hall–Kier alpha value is -1.01. The second-order valence-electron chi connectivity index (χ2n) is 2.80. The molecule has 1 aromatic heterocycles. The van der Waals surface area contributed by atoms with E-state index in [1.54, 1.807) is 6.33 Å². The van der Waals surface area contributed by atoms with Gasteiger partial charge in [0.25, 0.3) is 0 Å². The van der Waals surface area contributed by atoms with Gasteiger partial charge in [-0.25, -0.2) is 4.98 Å². The second-order valence-corrected chi connectivity index (χ2v) is 2.80. The summed E-state index contributed by atoms with van der Waals surface area (Å²) in [5.74, 6) is -0.816. The van der Waals surface area contributed by atoms with Gasteiger partial charge < -0.3 is 10.1 Å². The van der Waals surface area contributed by atoms with Crippen LogP contribution in [-0.2, 0) is 17.8 Å². The van der Waals surface area contributed by atoms with E-state index >= 15 is 0 Å². The number of rotatable bonds is 1. The lowest BCUT2D eigenvalue weighted by Gasteiger charge is -2.18. The number of aliphatic carboxylic acids is 1. The molecule has 5 nitrogen and oxygen atoms in total. The number of carboxylic acids is 1. The summed E-state index contributed by atoms with van der Waals surface area (Å²) in [6.45, 7) is 0.562. The van der Waals surface area contributed by atoms with Crippen molar-refractivity contribution in [1.82, 2.24) is 15.3 Å². The molecular formula is C7H11N3O2S. The molecule has 0 radical (unpaired) electrons. The topological polar surface area (TPSA) is 78.0 Å². The zero-order valence-electron chi connectivity index (χ0n) is 6.87. The van der Waals surface area contributed by atoms with Crippen LogP contribution in [0.2, 0.25) is 0 Å². The van der Waals surface area contributed by atoms with Gasteiger partial charge in [-0.05, 0) is 0 Å². The van der Waals surface area contributed by atoms with Crippen LogP contribution in [0, 0.1) is 0 Å². The number of hydrogen-bond donors (Lipinski definition) is 3. The minimum absolute atomic E-state index is 0. The van der Waals surface area contributed by atoms with Gasteiger partial charge >= 0.3 is 5.97 Å². The molecular weight excluding hydrogens is 190 g/mol. The first-order valence-electron chi connectivity index (χ1n) is 3.74. The maximum atomic E-state index is 10.6. The van der Waals surface area contributed by atoms with E-state index in [1.807, 2.05) is 0 Å². The Kier molecular flexibility index (Phi) is 2.94. The number of fused-ring (bicyclic) bond motifs is 1. The lowest BCUT2D eigenvalue weighted by Crippen LogP contribution is -2.41. The minimum Gasteiger partial charge on any atom is -0.480 e. The van der Waals surface area contributed by atoms with Crippen molar-refractivity contribution in [3.05, 3.63) is 17.7 Å². The van der Waals surface area contributed by atoms with Crippen molar-refractivity contribution in [2.45, 2.75) is 19.0 Å². The number of carboxylic acid groups (broad SMARTS) is 1. The molecule has 2 rings (SSSR count). The number of aromatic nitrogens is 2. The van der Waals surface area contributed by atoms with E-state index in [0.29, 0.717) is 13.0 Å². The Morgan fingerprint density at radius 2 is 2.46 bits per heavy atom. The van der Waals surface area contributed by atoms with Crippen LogP contribution in [0.5, 0.6) is 0 Å². The highest BCUT2D eigenvalue weighted by Gasteiger charge is 2.24. The first-order valence-corrected chi connectivity index (χ1v) is 3.74. The van der Waals surface area contributed by atoms with E-state index in [1.165, 1.54) is 0 Å². The Bertz CT molecular complexity index is 312. The SMILES string of the molecule is O=C(O)[C@@H]1Cc2nc[nH]c2CN1.S. The molecule has 0 saturated heterocycles. The highest BCUT2D eigenvalue weighted by Crippen LogP contribution is 2.11. The molecule has 2 heterocycles. The molecule has 1 aromatic rings. The zero-order chi connectivity index (χ0) is 8.55. The number of hydrogen-bond acceptors (Lipinski definition) is 3. The van der Waals surface area contributed by atoms with Gasteiger partial charge in [-0.15, -0.1) is 0 Å². The average Bonchev–Trinajstić information content (AvgIpc) is 2.49. The lowest BCUT2D eigenvalue weighted by molar-refractivity contribution is -0.139. The number of aromatic amines is 1. The van der Waals surface area contributed by atoms with Crippen molar-refractivity contribution >= 4 is 19.5 Å². The maximum Gasteiger partial charge on any atom is 0.321 e.